The molecule has 0 unspecified atom stereocenters. The summed E-state index contributed by atoms with van der Waals surface area (Å²) in [6.07, 6.45) is 0. The highest BCUT2D eigenvalue weighted by Crippen LogP contribution is 2.47. The summed E-state index contributed by atoms with van der Waals surface area (Å²) in [6.45, 7) is 5.31. The van der Waals surface area contributed by atoms with Crippen molar-refractivity contribution in [3.63, 3.8) is 0 Å². The molecule has 9 aromatic rings. The predicted octanol–water partition coefficient (Wildman–Crippen LogP) is 8.56. The van der Waals surface area contributed by atoms with Gasteiger partial charge in [0, 0.05) is 33.0 Å². The first-order valence-electron chi connectivity index (χ1n) is 17.7. The summed E-state index contributed by atoms with van der Waals surface area (Å²) in [5.41, 5.74) is 5.89. The van der Waals surface area contributed by atoms with Crippen LogP contribution in [0.15, 0.2) is 138 Å². The monoisotopic (exact) mass is 700 g/mol. The van der Waals surface area contributed by atoms with Gasteiger partial charge in [-0.1, -0.05) is 109 Å². The van der Waals surface area contributed by atoms with Crippen molar-refractivity contribution < 1.29 is 19.7 Å². The van der Waals surface area contributed by atoms with Crippen molar-refractivity contribution >= 4 is 119 Å². The Balaban J connectivity index is 1.38. The summed E-state index contributed by atoms with van der Waals surface area (Å²) in [5.74, 6) is -1.26. The average Bonchev–Trinajstić information content (AvgIpc) is 3.56. The summed E-state index contributed by atoms with van der Waals surface area (Å²) in [7, 11) is 26.9. The van der Waals surface area contributed by atoms with Gasteiger partial charge in [-0.05, 0) is 91.8 Å². The Morgan fingerprint density at radius 2 is 1.00 bits per heavy atom. The van der Waals surface area contributed by atoms with Crippen molar-refractivity contribution in [3.05, 3.63) is 145 Å². The molecule has 8 heteroatoms. The van der Waals surface area contributed by atoms with E-state index in [0.29, 0.717) is 44.2 Å². The molecular formula is C47H28B4O4. The van der Waals surface area contributed by atoms with Gasteiger partial charge in [-0.15, -0.1) is 10.9 Å². The van der Waals surface area contributed by atoms with E-state index >= 15 is 0 Å². The maximum atomic E-state index is 11.9. The minimum Gasteiger partial charge on any atom is -0.509 e. The summed E-state index contributed by atoms with van der Waals surface area (Å²) >= 11 is 0. The van der Waals surface area contributed by atoms with Gasteiger partial charge in [0.1, 0.15) is 54.1 Å². The van der Waals surface area contributed by atoms with Crippen LogP contribution in [-0.4, -0.2) is 46.7 Å². The molecule has 0 aliphatic carbocycles. The van der Waals surface area contributed by atoms with Crippen LogP contribution in [0.2, 0.25) is 0 Å². The van der Waals surface area contributed by atoms with Crippen LogP contribution in [0.3, 0.4) is 0 Å². The molecule has 8 aromatic carbocycles. The van der Waals surface area contributed by atoms with Crippen LogP contribution >= 0.6 is 0 Å². The van der Waals surface area contributed by atoms with Crippen LogP contribution in [0.4, 0.5) is 0 Å². The minimum absolute atomic E-state index is 0.0656. The van der Waals surface area contributed by atoms with Crippen molar-refractivity contribution in [1.29, 1.82) is 0 Å². The van der Waals surface area contributed by atoms with E-state index in [4.69, 9.17) is 35.8 Å². The third kappa shape index (κ3) is 5.35. The highest BCUT2D eigenvalue weighted by Gasteiger charge is 2.29. The molecule has 0 bridgehead atoms. The van der Waals surface area contributed by atoms with Crippen LogP contribution in [0, 0.1) is 0 Å². The van der Waals surface area contributed by atoms with Gasteiger partial charge in [0.05, 0.1) is 0 Å². The SMILES string of the molecule is [B]c1c([B])c([B])c2c(-c3ccc4oc5cc6ccccc6cc5c4c3)c(/C(O)=C(\C)O)c(C(=C)O)c(-c3ccc(-c4ccc5ccccc5c4)cc3)c2c1[B]. The molecule has 3 N–H and O–H groups in total. The van der Waals surface area contributed by atoms with Crippen molar-refractivity contribution in [3.8, 4) is 33.4 Å². The first-order valence-corrected chi connectivity index (χ1v) is 17.7. The highest BCUT2D eigenvalue weighted by atomic mass is 16.3. The molecule has 0 spiro atoms. The molecule has 1 heterocycles. The maximum Gasteiger partial charge on any atom is 0.161 e. The number of fused-ring (bicyclic) bond motifs is 6. The number of furan rings is 1. The molecule has 0 aliphatic heterocycles. The van der Waals surface area contributed by atoms with Crippen molar-refractivity contribution in [1.82, 2.24) is 0 Å². The van der Waals surface area contributed by atoms with Crippen LogP contribution in [0.1, 0.15) is 18.1 Å². The second-order valence-electron chi connectivity index (χ2n) is 13.9. The third-order valence-electron chi connectivity index (χ3n) is 10.7. The standard InChI is InChI=1S/C47H28B4O4/c1-23(52)37-38(27-14-11-26(12-15-27)31-16-13-25-7-3-4-8-28(25)19-31)40-41(44(49)46(51)45(50)43(40)48)39(42(37)47(54)24(2)53)32-17-18-35-33(21-32)34-20-29-9-5-6-10-30(29)22-36(34)55-35/h3-22,52-54H,1H2,2H3/b47-24-. The number of allylic oxidation sites excluding steroid dienone is 1. The Kier molecular flexibility index (Phi) is 7.98. The molecule has 55 heavy (non-hydrogen) atoms. The number of rotatable bonds is 5. The largest absolute Gasteiger partial charge is 0.509 e. The van der Waals surface area contributed by atoms with Gasteiger partial charge in [0.25, 0.3) is 0 Å². The fourth-order valence-electron chi connectivity index (χ4n) is 7.95. The van der Waals surface area contributed by atoms with Gasteiger partial charge in [-0.25, -0.2) is 0 Å². The van der Waals surface area contributed by atoms with Crippen LogP contribution < -0.4 is 21.9 Å². The van der Waals surface area contributed by atoms with E-state index in [1.807, 2.05) is 84.9 Å². The lowest BCUT2D eigenvalue weighted by Crippen LogP contribution is -2.48. The van der Waals surface area contributed by atoms with Crippen LogP contribution in [0.25, 0.3) is 99.2 Å². The zero-order valence-corrected chi connectivity index (χ0v) is 29.8. The Bertz CT molecular complexity index is 3140. The highest BCUT2D eigenvalue weighted by molar-refractivity contribution is 6.67. The summed E-state index contributed by atoms with van der Waals surface area (Å²) in [6, 6.07) is 39.9. The van der Waals surface area contributed by atoms with E-state index in [1.165, 1.54) is 6.92 Å². The predicted molar refractivity (Wildman–Crippen MR) is 234 cm³/mol. The second kappa shape index (κ2) is 12.8. The molecule has 8 radical (unpaired) electrons. The molecule has 0 fully saturated rings. The first-order chi connectivity index (χ1) is 26.5. The van der Waals surface area contributed by atoms with E-state index in [-0.39, 0.29) is 38.7 Å². The Hall–Kier alpha value is -6.52. The Morgan fingerprint density at radius 1 is 0.491 bits per heavy atom. The summed E-state index contributed by atoms with van der Waals surface area (Å²) < 4.78 is 6.30. The van der Waals surface area contributed by atoms with Gasteiger partial charge in [0.15, 0.2) is 5.76 Å². The molecule has 9 rings (SSSR count). The molecule has 1 aromatic heterocycles. The number of benzene rings is 8. The van der Waals surface area contributed by atoms with Gasteiger partial charge >= 0.3 is 0 Å². The van der Waals surface area contributed by atoms with Gasteiger partial charge in [-0.2, -0.15) is 0 Å². The Morgan fingerprint density at radius 3 is 1.62 bits per heavy atom. The molecular weight excluding hydrogens is 672 g/mol. The van der Waals surface area contributed by atoms with Crippen molar-refractivity contribution in [2.45, 2.75) is 6.92 Å². The van der Waals surface area contributed by atoms with Crippen LogP contribution in [-0.2, 0) is 0 Å². The van der Waals surface area contributed by atoms with E-state index in [2.05, 4.69) is 43.0 Å². The van der Waals surface area contributed by atoms with Crippen molar-refractivity contribution in [2.24, 2.45) is 0 Å². The molecule has 0 saturated carbocycles. The lowest BCUT2D eigenvalue weighted by Gasteiger charge is -2.27. The zero-order valence-electron chi connectivity index (χ0n) is 29.8. The fraction of sp³-hybridized carbons (Fsp3) is 0.0213. The molecule has 0 amide bonds. The van der Waals surface area contributed by atoms with E-state index in [0.717, 1.165) is 43.4 Å². The zero-order chi connectivity index (χ0) is 38.3. The smallest absolute Gasteiger partial charge is 0.161 e. The molecule has 4 nitrogen and oxygen atoms in total. The number of aliphatic hydroxyl groups excluding tert-OH is 3. The number of hydrogen-bond acceptors (Lipinski definition) is 4. The van der Waals surface area contributed by atoms with Gasteiger partial charge in [-0.3, -0.25) is 0 Å². The van der Waals surface area contributed by atoms with Crippen LogP contribution in [0.5, 0.6) is 0 Å². The molecule has 0 saturated heterocycles. The second-order valence-corrected chi connectivity index (χ2v) is 13.9. The quantitative estimate of drug-likeness (QED) is 0.124. The number of hydrogen-bond donors (Lipinski definition) is 3. The molecule has 252 valence electrons. The normalized spacial score (nSPS) is 12.2. The lowest BCUT2D eigenvalue weighted by atomic mass is 9.62. The third-order valence-corrected chi connectivity index (χ3v) is 10.7. The summed E-state index contributed by atoms with van der Waals surface area (Å²) in [4.78, 5) is 0. The molecule has 0 aliphatic rings. The first kappa shape index (κ1) is 34.3. The average molecular weight is 700 g/mol. The van der Waals surface area contributed by atoms with E-state index < -0.39 is 11.5 Å². The maximum absolute atomic E-state index is 11.9. The summed E-state index contributed by atoms with van der Waals surface area (Å²) in [5, 5.41) is 41.1. The van der Waals surface area contributed by atoms with Gasteiger partial charge < -0.3 is 19.7 Å². The minimum atomic E-state index is -0.493. The number of aliphatic hydroxyl groups is 3. The topological polar surface area (TPSA) is 73.8 Å². The lowest BCUT2D eigenvalue weighted by molar-refractivity contribution is 0.383. The molecule has 0 atom stereocenters. The fourth-order valence-corrected chi connectivity index (χ4v) is 7.95. The van der Waals surface area contributed by atoms with E-state index in [1.54, 1.807) is 0 Å². The van der Waals surface area contributed by atoms with E-state index in [9.17, 15) is 15.3 Å². The van der Waals surface area contributed by atoms with Crippen molar-refractivity contribution in [2.75, 3.05) is 0 Å². The Labute approximate surface area is 322 Å². The van der Waals surface area contributed by atoms with Gasteiger partial charge in [0.2, 0.25) is 0 Å².